The Kier molecular flexibility index (Phi) is 3.75. The lowest BCUT2D eigenvalue weighted by Gasteiger charge is -2.41. The van der Waals surface area contributed by atoms with E-state index in [9.17, 15) is 9.18 Å². The van der Waals surface area contributed by atoms with Gasteiger partial charge in [0.25, 0.3) is 0 Å². The second-order valence-electron chi connectivity index (χ2n) is 7.28. The molecule has 0 saturated carbocycles. The highest BCUT2D eigenvalue weighted by Crippen LogP contribution is 2.31. The zero-order valence-corrected chi connectivity index (χ0v) is 15.0. The Balaban J connectivity index is 1.39. The molecule has 140 valence electrons. The second-order valence-corrected chi connectivity index (χ2v) is 7.28. The number of para-hydroxylation sites is 1. The number of nitrogens with zero attached hydrogens (tertiary/aromatic N) is 4. The van der Waals surface area contributed by atoms with E-state index >= 15 is 0 Å². The van der Waals surface area contributed by atoms with Gasteiger partial charge >= 0.3 is 0 Å². The van der Waals surface area contributed by atoms with Crippen molar-refractivity contribution in [2.45, 2.75) is 38.5 Å². The zero-order chi connectivity index (χ0) is 18.5. The first-order valence-electron chi connectivity index (χ1n) is 9.16. The number of H-pyrrole nitrogens is 1. The molecule has 1 amide bonds. The van der Waals surface area contributed by atoms with Crippen molar-refractivity contribution in [2.75, 3.05) is 13.1 Å². The number of carbonyl (C=O) groups is 1. The highest BCUT2D eigenvalue weighted by molar-refractivity contribution is 5.90. The fourth-order valence-corrected chi connectivity index (χ4v) is 4.26. The van der Waals surface area contributed by atoms with Crippen LogP contribution in [0.3, 0.4) is 0 Å². The maximum atomic E-state index is 14.0. The molecule has 2 aliphatic rings. The molecular formula is C19H20FN5O2. The average molecular weight is 369 g/mol. The first-order valence-corrected chi connectivity index (χ1v) is 9.16. The van der Waals surface area contributed by atoms with Crippen molar-refractivity contribution in [1.29, 1.82) is 0 Å². The Hall–Kier alpha value is -2.74. The summed E-state index contributed by atoms with van der Waals surface area (Å²) in [5.74, 6) is -0.262. The lowest BCUT2D eigenvalue weighted by molar-refractivity contribution is -0.137. The number of aromatic nitrogens is 4. The van der Waals surface area contributed by atoms with Crippen LogP contribution in [0.2, 0.25) is 0 Å². The topological polar surface area (TPSA) is 76.0 Å². The van der Waals surface area contributed by atoms with Gasteiger partial charge in [-0.25, -0.2) is 9.07 Å². The first-order chi connectivity index (χ1) is 13.1. The third-order valence-corrected chi connectivity index (χ3v) is 5.71. The Morgan fingerprint density at radius 2 is 2.33 bits per heavy atom. The summed E-state index contributed by atoms with van der Waals surface area (Å²) in [6.45, 7) is 3.60. The largest absolute Gasteiger partial charge is 0.370 e. The van der Waals surface area contributed by atoms with Crippen LogP contribution in [0.5, 0.6) is 0 Å². The molecule has 0 spiro atoms. The van der Waals surface area contributed by atoms with E-state index in [2.05, 4.69) is 15.3 Å². The number of aromatic amines is 1. The third-order valence-electron chi connectivity index (χ3n) is 5.71. The van der Waals surface area contributed by atoms with E-state index in [1.54, 1.807) is 12.3 Å². The van der Waals surface area contributed by atoms with Crippen LogP contribution in [0.1, 0.15) is 29.4 Å². The van der Waals surface area contributed by atoms with Gasteiger partial charge in [-0.15, -0.1) is 5.10 Å². The molecule has 3 aromatic rings. The fourth-order valence-electron chi connectivity index (χ4n) is 4.26. The van der Waals surface area contributed by atoms with E-state index in [1.165, 1.54) is 6.07 Å². The highest BCUT2D eigenvalue weighted by Gasteiger charge is 2.37. The molecule has 1 N–H and O–H groups in total. The highest BCUT2D eigenvalue weighted by atomic mass is 19.1. The summed E-state index contributed by atoms with van der Waals surface area (Å²) in [5, 5.41) is 8.92. The van der Waals surface area contributed by atoms with Gasteiger partial charge in [0.15, 0.2) is 0 Å². The van der Waals surface area contributed by atoms with E-state index in [0.29, 0.717) is 25.2 Å². The molecule has 5 rings (SSSR count). The number of likely N-dealkylation sites (tertiary alicyclic amines) is 1. The van der Waals surface area contributed by atoms with Gasteiger partial charge in [-0.2, -0.15) is 0 Å². The van der Waals surface area contributed by atoms with Crippen molar-refractivity contribution in [1.82, 2.24) is 24.9 Å². The number of halogens is 1. The molecule has 4 heterocycles. The predicted octanol–water partition coefficient (Wildman–Crippen LogP) is 2.12. The van der Waals surface area contributed by atoms with Gasteiger partial charge in [-0.05, 0) is 25.0 Å². The van der Waals surface area contributed by atoms with E-state index in [4.69, 9.17) is 4.74 Å². The van der Waals surface area contributed by atoms with E-state index < -0.39 is 0 Å². The normalized spacial score (nSPS) is 21.9. The van der Waals surface area contributed by atoms with Crippen LogP contribution in [0, 0.1) is 12.7 Å². The minimum absolute atomic E-state index is 0.00420. The lowest BCUT2D eigenvalue weighted by atomic mass is 9.99. The number of ether oxygens (including phenoxy) is 1. The maximum Gasteiger partial charge on any atom is 0.227 e. The van der Waals surface area contributed by atoms with Crippen LogP contribution >= 0.6 is 0 Å². The molecule has 1 fully saturated rings. The quantitative estimate of drug-likeness (QED) is 0.751. The summed E-state index contributed by atoms with van der Waals surface area (Å²) in [4.78, 5) is 17.9. The van der Waals surface area contributed by atoms with Crippen molar-refractivity contribution in [2.24, 2.45) is 0 Å². The molecule has 7 nitrogen and oxygen atoms in total. The number of aryl methyl sites for hydroxylation is 1. The molecule has 1 saturated heterocycles. The molecule has 2 atom stereocenters. The van der Waals surface area contributed by atoms with Crippen LogP contribution in [-0.2, 0) is 22.6 Å². The summed E-state index contributed by atoms with van der Waals surface area (Å²) in [6.07, 6.45) is 2.79. The summed E-state index contributed by atoms with van der Waals surface area (Å²) in [7, 11) is 0. The Morgan fingerprint density at radius 3 is 3.22 bits per heavy atom. The maximum absolute atomic E-state index is 14.0. The van der Waals surface area contributed by atoms with E-state index in [-0.39, 0.29) is 30.3 Å². The Labute approximate surface area is 155 Å². The monoisotopic (exact) mass is 369 g/mol. The van der Waals surface area contributed by atoms with Crippen LogP contribution in [0.15, 0.2) is 24.4 Å². The van der Waals surface area contributed by atoms with Gasteiger partial charge in [-0.1, -0.05) is 17.3 Å². The number of carbonyl (C=O) groups excluding carboxylic acids is 1. The molecule has 0 bridgehead atoms. The number of nitrogens with one attached hydrogen (secondary N) is 1. The lowest BCUT2D eigenvalue weighted by Crippen LogP contribution is -2.50. The van der Waals surface area contributed by atoms with E-state index in [0.717, 1.165) is 28.8 Å². The standard InChI is InChI=1S/C19H20FN5O2/c1-11-14(13-3-2-4-15(20)19(13)22-11)7-18(26)24-6-5-17-16(9-24)25-12(10-27-17)8-21-23-25/h2-4,8,16-17,22H,5-7,9-10H2,1H3. The second kappa shape index (κ2) is 6.16. The molecule has 2 aromatic heterocycles. The number of benzene rings is 1. The Morgan fingerprint density at radius 1 is 1.44 bits per heavy atom. The minimum Gasteiger partial charge on any atom is -0.370 e. The third kappa shape index (κ3) is 2.63. The number of hydrogen-bond acceptors (Lipinski definition) is 4. The zero-order valence-electron chi connectivity index (χ0n) is 15.0. The van der Waals surface area contributed by atoms with Crippen molar-refractivity contribution in [3.63, 3.8) is 0 Å². The van der Waals surface area contributed by atoms with Gasteiger partial charge in [0.1, 0.15) is 5.82 Å². The van der Waals surface area contributed by atoms with Crippen LogP contribution in [-0.4, -0.2) is 50.0 Å². The van der Waals surface area contributed by atoms with Crippen LogP contribution in [0.4, 0.5) is 4.39 Å². The van der Waals surface area contributed by atoms with Crippen LogP contribution in [0.25, 0.3) is 10.9 Å². The van der Waals surface area contributed by atoms with Crippen molar-refractivity contribution in [3.8, 4) is 0 Å². The summed E-state index contributed by atoms with van der Waals surface area (Å²) >= 11 is 0. The molecular weight excluding hydrogens is 349 g/mol. The minimum atomic E-state index is -0.298. The molecule has 2 unspecified atom stereocenters. The number of hydrogen-bond donors (Lipinski definition) is 1. The smallest absolute Gasteiger partial charge is 0.227 e. The SMILES string of the molecule is Cc1[nH]c2c(F)cccc2c1CC(=O)N1CCC2OCc3cnnn3C2C1. The first kappa shape index (κ1) is 16.4. The summed E-state index contributed by atoms with van der Waals surface area (Å²) in [6, 6.07) is 4.95. The predicted molar refractivity (Wildman–Crippen MR) is 95.5 cm³/mol. The molecule has 1 aromatic carbocycles. The molecule has 2 aliphatic heterocycles. The molecule has 27 heavy (non-hydrogen) atoms. The van der Waals surface area contributed by atoms with Gasteiger partial charge in [-0.3, -0.25) is 4.79 Å². The van der Waals surface area contributed by atoms with Gasteiger partial charge in [0.2, 0.25) is 5.91 Å². The summed E-state index contributed by atoms with van der Waals surface area (Å²) in [5.41, 5.74) is 3.09. The molecule has 0 aliphatic carbocycles. The van der Waals surface area contributed by atoms with Crippen molar-refractivity contribution < 1.29 is 13.9 Å². The van der Waals surface area contributed by atoms with Gasteiger partial charge in [0.05, 0.1) is 42.6 Å². The number of amides is 1. The average Bonchev–Trinajstić information content (AvgIpc) is 3.27. The van der Waals surface area contributed by atoms with Crippen LogP contribution < -0.4 is 0 Å². The number of piperidine rings is 1. The van der Waals surface area contributed by atoms with Gasteiger partial charge in [0, 0.05) is 24.2 Å². The van der Waals surface area contributed by atoms with Crippen molar-refractivity contribution >= 4 is 16.8 Å². The number of rotatable bonds is 2. The van der Waals surface area contributed by atoms with Gasteiger partial charge < -0.3 is 14.6 Å². The Bertz CT molecular complexity index is 1030. The number of fused-ring (bicyclic) bond motifs is 4. The van der Waals surface area contributed by atoms with Crippen molar-refractivity contribution in [3.05, 3.63) is 47.2 Å². The van der Waals surface area contributed by atoms with E-state index in [1.807, 2.05) is 22.6 Å². The molecule has 8 heteroatoms. The molecule has 0 radical (unpaired) electrons. The fraction of sp³-hybridized carbons (Fsp3) is 0.421. The summed E-state index contributed by atoms with van der Waals surface area (Å²) < 4.78 is 21.8.